The molecule has 210 valence electrons. The quantitative estimate of drug-likeness (QED) is 0.393. The first-order chi connectivity index (χ1) is 17.9. The third-order valence-electron chi connectivity index (χ3n) is 6.88. The van der Waals surface area contributed by atoms with Crippen molar-refractivity contribution in [3.63, 3.8) is 0 Å². The predicted molar refractivity (Wildman–Crippen MR) is 145 cm³/mol. The molecule has 0 bridgehead atoms. The number of H-pyrrole nitrogens is 1. The van der Waals surface area contributed by atoms with Crippen LogP contribution < -0.4 is 10.0 Å². The van der Waals surface area contributed by atoms with E-state index < -0.39 is 33.8 Å². The molecule has 0 aliphatic carbocycles. The van der Waals surface area contributed by atoms with Crippen LogP contribution in [0.4, 0.5) is 4.39 Å². The van der Waals surface area contributed by atoms with Crippen molar-refractivity contribution in [3.05, 3.63) is 41.6 Å². The van der Waals surface area contributed by atoms with E-state index >= 15 is 0 Å². The number of piperidine rings is 1. The molecule has 3 atom stereocenters. The Kier molecular flexibility index (Phi) is 10.1. The summed E-state index contributed by atoms with van der Waals surface area (Å²) in [5, 5.41) is 2.77. The van der Waals surface area contributed by atoms with Crippen LogP contribution in [0.1, 0.15) is 77.2 Å². The number of hydrogen-bond acceptors (Lipinski definition) is 5. The van der Waals surface area contributed by atoms with Crippen molar-refractivity contribution in [1.29, 1.82) is 0 Å². The molecule has 0 spiro atoms. The standard InChI is InChI=1S/C27H40FN5O4S/c1-17(2)11-13-38(36,37)32-23(15-25(34)33-12-7-6-8-19(33)4)27(35)30-20(5)26-29-16-24(31-26)21-10-9-18(3)14-22(21)28/h9-10,14,16-17,19-20,23,32H,6-8,11-13,15H2,1-5H3,(H,29,31)(H,30,35)/t19-,20-,23-/m0/s1. The Morgan fingerprint density at radius 3 is 2.63 bits per heavy atom. The Bertz CT molecular complexity index is 1230. The Hall–Kier alpha value is -2.79. The largest absolute Gasteiger partial charge is 0.345 e. The first kappa shape index (κ1) is 29.8. The van der Waals surface area contributed by atoms with Crippen molar-refractivity contribution in [3.8, 4) is 11.3 Å². The Morgan fingerprint density at radius 1 is 1.24 bits per heavy atom. The van der Waals surface area contributed by atoms with E-state index in [2.05, 4.69) is 20.0 Å². The lowest BCUT2D eigenvalue weighted by Crippen LogP contribution is -2.52. The van der Waals surface area contributed by atoms with Crippen molar-refractivity contribution in [2.45, 2.75) is 84.8 Å². The first-order valence-electron chi connectivity index (χ1n) is 13.3. The number of aromatic nitrogens is 2. The number of likely N-dealkylation sites (tertiary alicyclic amines) is 1. The second-order valence-corrected chi connectivity index (χ2v) is 12.6. The third-order valence-corrected chi connectivity index (χ3v) is 8.30. The van der Waals surface area contributed by atoms with Gasteiger partial charge in [0, 0.05) is 18.2 Å². The van der Waals surface area contributed by atoms with Crippen LogP contribution in [0.5, 0.6) is 0 Å². The maximum absolute atomic E-state index is 14.4. The molecule has 0 saturated carbocycles. The van der Waals surface area contributed by atoms with Crippen molar-refractivity contribution >= 4 is 21.8 Å². The van der Waals surface area contributed by atoms with Crippen LogP contribution in [-0.2, 0) is 19.6 Å². The van der Waals surface area contributed by atoms with Gasteiger partial charge in [0.2, 0.25) is 21.8 Å². The summed E-state index contributed by atoms with van der Waals surface area (Å²) in [7, 11) is -3.80. The van der Waals surface area contributed by atoms with Crippen LogP contribution >= 0.6 is 0 Å². The highest BCUT2D eigenvalue weighted by atomic mass is 32.2. The van der Waals surface area contributed by atoms with Crippen LogP contribution in [0.3, 0.4) is 0 Å². The third kappa shape index (κ3) is 8.10. The Labute approximate surface area is 225 Å². The lowest BCUT2D eigenvalue weighted by Gasteiger charge is -2.34. The van der Waals surface area contributed by atoms with E-state index in [1.165, 1.54) is 12.3 Å². The van der Waals surface area contributed by atoms with E-state index in [0.29, 0.717) is 30.0 Å². The zero-order valence-corrected chi connectivity index (χ0v) is 23.7. The number of rotatable bonds is 11. The van der Waals surface area contributed by atoms with Crippen LogP contribution in [0.15, 0.2) is 24.4 Å². The molecule has 11 heteroatoms. The van der Waals surface area contributed by atoms with Crippen LogP contribution in [-0.4, -0.2) is 59.5 Å². The summed E-state index contributed by atoms with van der Waals surface area (Å²) in [6.07, 6.45) is 4.43. The molecular formula is C27H40FN5O4S. The minimum Gasteiger partial charge on any atom is -0.345 e. The van der Waals surface area contributed by atoms with Crippen molar-refractivity contribution < 1.29 is 22.4 Å². The van der Waals surface area contributed by atoms with Gasteiger partial charge in [0.05, 0.1) is 30.1 Å². The number of nitrogens with one attached hydrogen (secondary N) is 3. The second-order valence-electron chi connectivity index (χ2n) is 10.7. The van der Waals surface area contributed by atoms with E-state index in [4.69, 9.17) is 0 Å². The number of hydrogen-bond donors (Lipinski definition) is 3. The summed E-state index contributed by atoms with van der Waals surface area (Å²) in [4.78, 5) is 35.5. The molecule has 38 heavy (non-hydrogen) atoms. The van der Waals surface area contributed by atoms with Crippen molar-refractivity contribution in [2.75, 3.05) is 12.3 Å². The molecule has 1 aliphatic heterocycles. The van der Waals surface area contributed by atoms with Gasteiger partial charge in [-0.05, 0) is 70.1 Å². The molecule has 2 amide bonds. The number of amides is 2. The predicted octanol–water partition coefficient (Wildman–Crippen LogP) is 3.83. The van der Waals surface area contributed by atoms with Gasteiger partial charge in [-0.3, -0.25) is 9.59 Å². The maximum Gasteiger partial charge on any atom is 0.239 e. The van der Waals surface area contributed by atoms with Gasteiger partial charge >= 0.3 is 0 Å². The Balaban J connectivity index is 1.75. The van der Waals surface area contributed by atoms with Crippen LogP contribution in [0.25, 0.3) is 11.3 Å². The van der Waals surface area contributed by atoms with Gasteiger partial charge in [-0.25, -0.2) is 22.5 Å². The SMILES string of the molecule is Cc1ccc(-c2cnc([C@H](C)NC(=O)[C@H](CC(=O)N3CCCC[C@@H]3C)NS(=O)(=O)CCC(C)C)[nH]2)c(F)c1. The lowest BCUT2D eigenvalue weighted by atomic mass is 10.0. The highest BCUT2D eigenvalue weighted by Gasteiger charge is 2.32. The number of benzene rings is 1. The fourth-order valence-corrected chi connectivity index (χ4v) is 6.05. The van der Waals surface area contributed by atoms with Crippen LogP contribution in [0.2, 0.25) is 0 Å². The number of carbonyl (C=O) groups is 2. The summed E-state index contributed by atoms with van der Waals surface area (Å²) in [5.41, 5.74) is 1.60. The number of halogens is 1. The van der Waals surface area contributed by atoms with Gasteiger partial charge in [-0.2, -0.15) is 0 Å². The van der Waals surface area contributed by atoms with E-state index in [9.17, 15) is 22.4 Å². The summed E-state index contributed by atoms with van der Waals surface area (Å²) >= 11 is 0. The van der Waals surface area contributed by atoms with Gasteiger partial charge in [-0.15, -0.1) is 0 Å². The molecule has 3 N–H and O–H groups in total. The molecule has 1 saturated heterocycles. The fraction of sp³-hybridized carbons (Fsp3) is 0.593. The second kappa shape index (κ2) is 12.8. The maximum atomic E-state index is 14.4. The lowest BCUT2D eigenvalue weighted by molar-refractivity contribution is -0.137. The van der Waals surface area contributed by atoms with Crippen LogP contribution in [0, 0.1) is 18.7 Å². The van der Waals surface area contributed by atoms with Gasteiger partial charge in [0.15, 0.2) is 0 Å². The molecular weight excluding hydrogens is 509 g/mol. The summed E-state index contributed by atoms with van der Waals surface area (Å²) in [5.74, 6) is -0.859. The number of aryl methyl sites for hydroxylation is 1. The molecule has 1 aromatic carbocycles. The van der Waals surface area contributed by atoms with E-state index in [1.54, 1.807) is 30.9 Å². The highest BCUT2D eigenvalue weighted by Crippen LogP contribution is 2.24. The Morgan fingerprint density at radius 2 is 1.97 bits per heavy atom. The van der Waals surface area contributed by atoms with E-state index in [1.807, 2.05) is 20.8 Å². The molecule has 9 nitrogen and oxygen atoms in total. The number of nitrogens with zero attached hydrogens (tertiary/aromatic N) is 2. The van der Waals surface area contributed by atoms with Gasteiger partial charge < -0.3 is 15.2 Å². The first-order valence-corrected chi connectivity index (χ1v) is 14.9. The fourth-order valence-electron chi connectivity index (χ4n) is 4.53. The summed E-state index contributed by atoms with van der Waals surface area (Å²) < 4.78 is 42.4. The van der Waals surface area contributed by atoms with E-state index in [-0.39, 0.29) is 30.0 Å². The monoisotopic (exact) mass is 549 g/mol. The van der Waals surface area contributed by atoms with E-state index in [0.717, 1.165) is 24.8 Å². The molecule has 1 aliphatic rings. The van der Waals surface area contributed by atoms with Crippen molar-refractivity contribution in [1.82, 2.24) is 24.9 Å². The number of carbonyl (C=O) groups excluding carboxylic acids is 2. The smallest absolute Gasteiger partial charge is 0.239 e. The molecule has 2 heterocycles. The normalized spacial score (nSPS) is 17.9. The number of imidazole rings is 1. The molecule has 2 aromatic rings. The topological polar surface area (TPSA) is 124 Å². The summed E-state index contributed by atoms with van der Waals surface area (Å²) in [6, 6.07) is 3.01. The molecule has 0 radical (unpaired) electrons. The zero-order valence-electron chi connectivity index (χ0n) is 22.9. The zero-order chi connectivity index (χ0) is 28.0. The highest BCUT2D eigenvalue weighted by molar-refractivity contribution is 7.89. The average Bonchev–Trinajstić information content (AvgIpc) is 3.32. The van der Waals surface area contributed by atoms with Gasteiger partial charge in [0.1, 0.15) is 17.7 Å². The average molecular weight is 550 g/mol. The number of sulfonamides is 1. The van der Waals surface area contributed by atoms with Crippen molar-refractivity contribution in [2.24, 2.45) is 5.92 Å². The van der Waals surface area contributed by atoms with Gasteiger partial charge in [0.25, 0.3) is 0 Å². The van der Waals surface area contributed by atoms with Gasteiger partial charge in [-0.1, -0.05) is 19.9 Å². The molecule has 0 unspecified atom stereocenters. The summed E-state index contributed by atoms with van der Waals surface area (Å²) in [6.45, 7) is 9.88. The minimum atomic E-state index is -3.80. The number of aromatic amines is 1. The molecule has 1 fully saturated rings. The molecule has 3 rings (SSSR count). The molecule has 1 aromatic heterocycles. The minimum absolute atomic E-state index is 0.0418.